The monoisotopic (exact) mass is 393 g/mol. The van der Waals surface area contributed by atoms with Crippen molar-refractivity contribution in [3.8, 4) is 0 Å². The molecule has 0 aliphatic rings. The molecule has 4 aromatic rings. The molecule has 3 aromatic carbocycles. The molecule has 0 fully saturated rings. The van der Waals surface area contributed by atoms with Gasteiger partial charge < -0.3 is 0 Å². The fraction of sp³-hybridized carbons (Fsp3) is 0. The summed E-state index contributed by atoms with van der Waals surface area (Å²) in [5, 5.41) is 0. The van der Waals surface area contributed by atoms with Gasteiger partial charge in [0.2, 0.25) is 34.8 Å². The normalized spacial score (nSPS) is 10.4. The Morgan fingerprint density at radius 1 is 0.400 bits per heavy atom. The highest BCUT2D eigenvalue weighted by Crippen LogP contribution is 2.12. The van der Waals surface area contributed by atoms with E-state index in [-0.39, 0.29) is 17.5 Å². The molecule has 0 saturated carbocycles. The molecule has 0 amide bonds. The molecule has 0 aliphatic heterocycles. The topological polar surface area (TPSA) is 89.9 Å². The van der Waals surface area contributed by atoms with Crippen LogP contribution in [0.15, 0.2) is 91.0 Å². The zero-order chi connectivity index (χ0) is 20.9. The van der Waals surface area contributed by atoms with E-state index in [1.165, 1.54) is 0 Å². The number of benzene rings is 3. The molecule has 30 heavy (non-hydrogen) atoms. The van der Waals surface area contributed by atoms with Crippen LogP contribution in [0.3, 0.4) is 0 Å². The molecule has 6 nitrogen and oxygen atoms in total. The van der Waals surface area contributed by atoms with Crippen molar-refractivity contribution >= 4 is 17.3 Å². The Morgan fingerprint density at radius 3 is 0.867 bits per heavy atom. The van der Waals surface area contributed by atoms with Crippen LogP contribution in [0.25, 0.3) is 0 Å². The van der Waals surface area contributed by atoms with Gasteiger partial charge in [0.1, 0.15) is 0 Å². The van der Waals surface area contributed by atoms with Gasteiger partial charge in [-0.05, 0) is 0 Å². The summed E-state index contributed by atoms with van der Waals surface area (Å²) in [6.45, 7) is 0. The Hall–Kier alpha value is -4.32. The zero-order valence-corrected chi connectivity index (χ0v) is 15.7. The molecule has 4 rings (SSSR count). The van der Waals surface area contributed by atoms with Gasteiger partial charge in [-0.25, -0.2) is 15.0 Å². The second-order valence-corrected chi connectivity index (χ2v) is 6.39. The minimum atomic E-state index is -0.498. The number of nitrogens with zero attached hydrogens (tertiary/aromatic N) is 3. The maximum Gasteiger partial charge on any atom is 0.230 e. The lowest BCUT2D eigenvalue weighted by atomic mass is 10.1. The van der Waals surface area contributed by atoms with Crippen LogP contribution in [0.4, 0.5) is 0 Å². The van der Waals surface area contributed by atoms with Crippen molar-refractivity contribution < 1.29 is 14.4 Å². The van der Waals surface area contributed by atoms with E-state index in [0.29, 0.717) is 16.7 Å². The van der Waals surface area contributed by atoms with Gasteiger partial charge >= 0.3 is 0 Å². The molecule has 0 atom stereocenters. The van der Waals surface area contributed by atoms with Crippen molar-refractivity contribution in [3.05, 3.63) is 125 Å². The predicted molar refractivity (Wildman–Crippen MR) is 109 cm³/mol. The lowest BCUT2D eigenvalue weighted by Gasteiger charge is -2.06. The quantitative estimate of drug-likeness (QED) is 0.465. The van der Waals surface area contributed by atoms with E-state index >= 15 is 0 Å². The third-order valence-electron chi connectivity index (χ3n) is 4.35. The average molecular weight is 393 g/mol. The van der Waals surface area contributed by atoms with Gasteiger partial charge in [0.25, 0.3) is 0 Å². The Balaban J connectivity index is 1.83. The van der Waals surface area contributed by atoms with Gasteiger partial charge in [0.05, 0.1) is 0 Å². The van der Waals surface area contributed by atoms with Crippen LogP contribution in [0.2, 0.25) is 0 Å². The minimum Gasteiger partial charge on any atom is -0.285 e. The first-order valence-electron chi connectivity index (χ1n) is 9.19. The highest BCUT2D eigenvalue weighted by molar-refractivity contribution is 6.11. The molecule has 0 unspecified atom stereocenters. The largest absolute Gasteiger partial charge is 0.285 e. The molecule has 1 heterocycles. The zero-order valence-electron chi connectivity index (χ0n) is 15.7. The highest BCUT2D eigenvalue weighted by atomic mass is 16.1. The van der Waals surface area contributed by atoms with Crippen LogP contribution in [0.5, 0.6) is 0 Å². The van der Waals surface area contributed by atoms with Gasteiger partial charge in [-0.15, -0.1) is 0 Å². The number of ketones is 3. The first-order chi connectivity index (χ1) is 14.6. The maximum absolute atomic E-state index is 12.9. The van der Waals surface area contributed by atoms with E-state index in [1.54, 1.807) is 91.0 Å². The van der Waals surface area contributed by atoms with Crippen LogP contribution in [-0.4, -0.2) is 32.3 Å². The molecule has 144 valence electrons. The maximum atomic E-state index is 12.9. The molecule has 0 bridgehead atoms. The van der Waals surface area contributed by atoms with Crippen molar-refractivity contribution in [3.63, 3.8) is 0 Å². The van der Waals surface area contributed by atoms with E-state index in [9.17, 15) is 14.4 Å². The molecule has 0 aliphatic carbocycles. The van der Waals surface area contributed by atoms with Crippen LogP contribution >= 0.6 is 0 Å². The second-order valence-electron chi connectivity index (χ2n) is 6.39. The molecule has 0 saturated heterocycles. The van der Waals surface area contributed by atoms with E-state index in [0.717, 1.165) is 0 Å². The summed E-state index contributed by atoms with van der Waals surface area (Å²) >= 11 is 0. The van der Waals surface area contributed by atoms with Gasteiger partial charge in [0, 0.05) is 16.7 Å². The molecule has 0 N–H and O–H groups in total. The van der Waals surface area contributed by atoms with Gasteiger partial charge in [-0.3, -0.25) is 14.4 Å². The molecule has 6 heteroatoms. The van der Waals surface area contributed by atoms with E-state index < -0.39 is 17.3 Å². The van der Waals surface area contributed by atoms with E-state index in [4.69, 9.17) is 0 Å². The van der Waals surface area contributed by atoms with Crippen LogP contribution in [-0.2, 0) is 0 Å². The Labute approximate surface area is 172 Å². The predicted octanol–water partition coefficient (Wildman–Crippen LogP) is 3.56. The summed E-state index contributed by atoms with van der Waals surface area (Å²) in [4.78, 5) is 50.9. The Kier molecular flexibility index (Phi) is 5.30. The van der Waals surface area contributed by atoms with Crippen LogP contribution in [0, 0.1) is 0 Å². The summed E-state index contributed by atoms with van der Waals surface area (Å²) in [6.07, 6.45) is 0. The summed E-state index contributed by atoms with van der Waals surface area (Å²) in [5.41, 5.74) is 1.04. The summed E-state index contributed by atoms with van der Waals surface area (Å²) in [5.74, 6) is -2.26. The lowest BCUT2D eigenvalue weighted by Crippen LogP contribution is -2.20. The fourth-order valence-electron chi connectivity index (χ4n) is 2.84. The molecular weight excluding hydrogens is 378 g/mol. The first-order valence-corrected chi connectivity index (χ1v) is 9.19. The van der Waals surface area contributed by atoms with Crippen molar-refractivity contribution in [1.29, 1.82) is 0 Å². The van der Waals surface area contributed by atoms with E-state index in [2.05, 4.69) is 15.0 Å². The fourth-order valence-corrected chi connectivity index (χ4v) is 2.84. The second kappa shape index (κ2) is 8.36. The Bertz CT molecular complexity index is 1060. The summed E-state index contributed by atoms with van der Waals surface area (Å²) < 4.78 is 0. The van der Waals surface area contributed by atoms with Crippen molar-refractivity contribution in [2.75, 3.05) is 0 Å². The standard InChI is InChI=1S/C24H15N3O3/c28-19(16-10-4-1-5-11-16)22-25-23(20(29)17-12-6-2-7-13-17)27-24(26-22)21(30)18-14-8-3-9-15-18/h1-15H. The molecule has 0 spiro atoms. The average Bonchev–Trinajstić information content (AvgIpc) is 2.84. The molecule has 1 aromatic heterocycles. The van der Waals surface area contributed by atoms with Crippen LogP contribution < -0.4 is 0 Å². The minimum absolute atomic E-state index is 0.255. The smallest absolute Gasteiger partial charge is 0.230 e. The number of carbonyl (C=O) groups excluding carboxylic acids is 3. The number of carbonyl (C=O) groups is 3. The Morgan fingerprint density at radius 2 is 0.633 bits per heavy atom. The molecule has 0 radical (unpaired) electrons. The van der Waals surface area contributed by atoms with Gasteiger partial charge in [-0.1, -0.05) is 91.0 Å². The number of aromatic nitrogens is 3. The first kappa shape index (κ1) is 19.0. The summed E-state index contributed by atoms with van der Waals surface area (Å²) in [6, 6.07) is 25.3. The van der Waals surface area contributed by atoms with Crippen molar-refractivity contribution in [2.45, 2.75) is 0 Å². The van der Waals surface area contributed by atoms with Crippen molar-refractivity contribution in [1.82, 2.24) is 15.0 Å². The number of rotatable bonds is 6. The van der Waals surface area contributed by atoms with Gasteiger partial charge in [-0.2, -0.15) is 0 Å². The summed E-state index contributed by atoms with van der Waals surface area (Å²) in [7, 11) is 0. The van der Waals surface area contributed by atoms with Crippen LogP contribution in [0.1, 0.15) is 48.5 Å². The van der Waals surface area contributed by atoms with Gasteiger partial charge in [0.15, 0.2) is 0 Å². The third-order valence-corrected chi connectivity index (χ3v) is 4.35. The SMILES string of the molecule is O=C(c1ccccc1)c1nc(C(=O)c2ccccc2)nc(C(=O)c2ccccc2)n1. The lowest BCUT2D eigenvalue weighted by molar-refractivity contribution is 0.101. The van der Waals surface area contributed by atoms with E-state index in [1.807, 2.05) is 0 Å². The third kappa shape index (κ3) is 3.93. The number of hydrogen-bond donors (Lipinski definition) is 0. The number of hydrogen-bond acceptors (Lipinski definition) is 6. The van der Waals surface area contributed by atoms with Crippen molar-refractivity contribution in [2.24, 2.45) is 0 Å². The molecular formula is C24H15N3O3. The highest BCUT2D eigenvalue weighted by Gasteiger charge is 2.23.